The van der Waals surface area contributed by atoms with Crippen LogP contribution in [0, 0.1) is 11.8 Å². The summed E-state index contributed by atoms with van der Waals surface area (Å²) >= 11 is 0. The molecule has 1 heteroatoms. The summed E-state index contributed by atoms with van der Waals surface area (Å²) in [4.78, 5) is 0. The van der Waals surface area contributed by atoms with Gasteiger partial charge >= 0.3 is 0 Å². The lowest BCUT2D eigenvalue weighted by Crippen LogP contribution is -2.34. The summed E-state index contributed by atoms with van der Waals surface area (Å²) in [5.41, 5.74) is 2.84. The van der Waals surface area contributed by atoms with Gasteiger partial charge < -0.3 is 5.32 Å². The van der Waals surface area contributed by atoms with Gasteiger partial charge in [-0.3, -0.25) is 0 Å². The summed E-state index contributed by atoms with van der Waals surface area (Å²) in [5.74, 6) is 2.29. The molecule has 0 amide bonds. The Morgan fingerprint density at radius 1 is 0.947 bits per heavy atom. The highest BCUT2D eigenvalue weighted by molar-refractivity contribution is 5.26. The van der Waals surface area contributed by atoms with Gasteiger partial charge in [0.25, 0.3) is 0 Å². The van der Waals surface area contributed by atoms with E-state index in [9.17, 15) is 0 Å². The van der Waals surface area contributed by atoms with Crippen LogP contribution in [-0.2, 0) is 0 Å². The first-order valence-corrected chi connectivity index (χ1v) is 7.85. The number of hydrogen-bond acceptors (Lipinski definition) is 1. The Balaban J connectivity index is 1.98. The second kappa shape index (κ2) is 6.09. The smallest absolute Gasteiger partial charge is 0.0294 e. The van der Waals surface area contributed by atoms with E-state index in [1.165, 1.54) is 24.0 Å². The van der Waals surface area contributed by atoms with Crippen LogP contribution in [0.5, 0.6) is 0 Å². The zero-order valence-corrected chi connectivity index (χ0v) is 13.1. The third-order valence-electron chi connectivity index (χ3n) is 5.03. The highest BCUT2D eigenvalue weighted by atomic mass is 15.0. The van der Waals surface area contributed by atoms with Crippen LogP contribution < -0.4 is 5.32 Å². The molecule has 1 aromatic carbocycles. The van der Waals surface area contributed by atoms with Gasteiger partial charge in [-0.25, -0.2) is 0 Å². The Morgan fingerprint density at radius 2 is 1.53 bits per heavy atom. The second-order valence-corrected chi connectivity index (χ2v) is 6.73. The van der Waals surface area contributed by atoms with Crippen molar-refractivity contribution in [3.05, 3.63) is 35.4 Å². The van der Waals surface area contributed by atoms with E-state index in [0.29, 0.717) is 18.0 Å². The lowest BCUT2D eigenvalue weighted by atomic mass is 9.96. The first-order chi connectivity index (χ1) is 8.99. The molecule has 1 aliphatic rings. The predicted octanol–water partition coefficient (Wildman–Crippen LogP) is 4.90. The van der Waals surface area contributed by atoms with Crippen LogP contribution in [0.3, 0.4) is 0 Å². The molecule has 1 saturated carbocycles. The van der Waals surface area contributed by atoms with Crippen molar-refractivity contribution in [3.8, 4) is 0 Å². The van der Waals surface area contributed by atoms with Gasteiger partial charge in [0, 0.05) is 12.1 Å². The Hall–Kier alpha value is -0.820. The van der Waals surface area contributed by atoms with Gasteiger partial charge in [-0.05, 0) is 48.6 Å². The van der Waals surface area contributed by atoms with Crippen LogP contribution in [0.25, 0.3) is 0 Å². The van der Waals surface area contributed by atoms with Crippen molar-refractivity contribution in [1.29, 1.82) is 0 Å². The third kappa shape index (κ3) is 3.39. The molecule has 0 radical (unpaired) electrons. The van der Waals surface area contributed by atoms with Crippen molar-refractivity contribution in [1.82, 2.24) is 5.32 Å². The number of nitrogens with one attached hydrogen (secondary N) is 1. The van der Waals surface area contributed by atoms with Crippen molar-refractivity contribution in [2.75, 3.05) is 0 Å². The molecule has 0 spiro atoms. The summed E-state index contributed by atoms with van der Waals surface area (Å²) in [7, 11) is 0. The average Bonchev–Trinajstić information content (AvgIpc) is 2.71. The molecule has 1 nitrogen and oxygen atoms in total. The van der Waals surface area contributed by atoms with Gasteiger partial charge in [-0.1, -0.05) is 52.0 Å². The Morgan fingerprint density at radius 3 is 2.00 bits per heavy atom. The molecule has 1 aliphatic carbocycles. The Bertz CT molecular complexity index is 393. The second-order valence-electron chi connectivity index (χ2n) is 6.73. The molecule has 1 aromatic rings. The van der Waals surface area contributed by atoms with E-state index in [2.05, 4.69) is 64.2 Å². The predicted molar refractivity (Wildman–Crippen MR) is 83.4 cm³/mol. The quantitative estimate of drug-likeness (QED) is 0.811. The highest BCUT2D eigenvalue weighted by Crippen LogP contribution is 2.32. The molecule has 0 heterocycles. The van der Waals surface area contributed by atoms with Crippen LogP contribution in [0.4, 0.5) is 0 Å². The number of benzene rings is 1. The molecule has 1 fully saturated rings. The molecule has 0 bridgehead atoms. The van der Waals surface area contributed by atoms with E-state index < -0.39 is 0 Å². The van der Waals surface area contributed by atoms with E-state index >= 15 is 0 Å². The molecule has 1 N–H and O–H groups in total. The molecule has 2 rings (SSSR count). The van der Waals surface area contributed by atoms with Crippen LogP contribution >= 0.6 is 0 Å². The molecule has 4 atom stereocenters. The van der Waals surface area contributed by atoms with Gasteiger partial charge in [-0.2, -0.15) is 0 Å². The van der Waals surface area contributed by atoms with Crippen LogP contribution in [-0.4, -0.2) is 6.04 Å². The highest BCUT2D eigenvalue weighted by Gasteiger charge is 2.30. The topological polar surface area (TPSA) is 12.0 Å². The summed E-state index contributed by atoms with van der Waals surface area (Å²) in [5, 5.41) is 3.82. The standard InChI is InChI=1S/C18H29N/c1-12(2)16-7-9-17(10-8-16)15(5)19-18-11-6-13(3)14(18)4/h7-10,12-15,18-19H,6,11H2,1-5H3. The normalized spacial score (nSPS) is 28.8. The monoisotopic (exact) mass is 259 g/mol. The molecular formula is C18H29N. The first kappa shape index (κ1) is 14.6. The largest absolute Gasteiger partial charge is 0.307 e. The Kier molecular flexibility index (Phi) is 4.67. The zero-order valence-electron chi connectivity index (χ0n) is 13.1. The average molecular weight is 259 g/mol. The minimum atomic E-state index is 0.457. The molecule has 106 valence electrons. The van der Waals surface area contributed by atoms with Gasteiger partial charge in [0.2, 0.25) is 0 Å². The summed E-state index contributed by atoms with van der Waals surface area (Å²) < 4.78 is 0. The summed E-state index contributed by atoms with van der Waals surface area (Å²) in [6, 6.07) is 10.3. The molecule has 4 unspecified atom stereocenters. The maximum Gasteiger partial charge on any atom is 0.0294 e. The lowest BCUT2D eigenvalue weighted by molar-refractivity contribution is 0.347. The van der Waals surface area contributed by atoms with Crippen molar-refractivity contribution >= 4 is 0 Å². The first-order valence-electron chi connectivity index (χ1n) is 7.85. The van der Waals surface area contributed by atoms with Gasteiger partial charge in [0.1, 0.15) is 0 Å². The van der Waals surface area contributed by atoms with Crippen molar-refractivity contribution in [3.63, 3.8) is 0 Å². The van der Waals surface area contributed by atoms with E-state index in [4.69, 9.17) is 0 Å². The van der Waals surface area contributed by atoms with E-state index in [0.717, 1.165) is 11.8 Å². The number of rotatable bonds is 4. The van der Waals surface area contributed by atoms with Gasteiger partial charge in [0.05, 0.1) is 0 Å². The fourth-order valence-electron chi connectivity index (χ4n) is 3.19. The molecule has 0 aliphatic heterocycles. The maximum absolute atomic E-state index is 3.82. The third-order valence-corrected chi connectivity index (χ3v) is 5.03. The molecular weight excluding hydrogens is 230 g/mol. The minimum absolute atomic E-state index is 0.457. The molecule has 19 heavy (non-hydrogen) atoms. The maximum atomic E-state index is 3.82. The van der Waals surface area contributed by atoms with Crippen molar-refractivity contribution < 1.29 is 0 Å². The number of hydrogen-bond donors (Lipinski definition) is 1. The molecule has 0 aromatic heterocycles. The van der Waals surface area contributed by atoms with Crippen LogP contribution in [0.1, 0.15) is 70.5 Å². The van der Waals surface area contributed by atoms with E-state index in [-0.39, 0.29) is 0 Å². The lowest BCUT2D eigenvalue weighted by Gasteiger charge is -2.24. The summed E-state index contributed by atoms with van der Waals surface area (Å²) in [6.45, 7) is 11.6. The van der Waals surface area contributed by atoms with Crippen molar-refractivity contribution in [2.45, 2.75) is 65.5 Å². The minimum Gasteiger partial charge on any atom is -0.307 e. The van der Waals surface area contributed by atoms with Crippen LogP contribution in [0.15, 0.2) is 24.3 Å². The fourth-order valence-corrected chi connectivity index (χ4v) is 3.19. The van der Waals surface area contributed by atoms with Crippen LogP contribution in [0.2, 0.25) is 0 Å². The van der Waals surface area contributed by atoms with E-state index in [1.807, 2.05) is 0 Å². The van der Waals surface area contributed by atoms with Crippen molar-refractivity contribution in [2.24, 2.45) is 11.8 Å². The van der Waals surface area contributed by atoms with Gasteiger partial charge in [-0.15, -0.1) is 0 Å². The van der Waals surface area contributed by atoms with E-state index in [1.54, 1.807) is 0 Å². The Labute approximate surface area is 118 Å². The zero-order chi connectivity index (χ0) is 14.0. The fraction of sp³-hybridized carbons (Fsp3) is 0.667. The molecule has 0 saturated heterocycles. The SMILES string of the molecule is CC(C)c1ccc(C(C)NC2CCC(C)C2C)cc1. The summed E-state index contributed by atoms with van der Waals surface area (Å²) in [6.07, 6.45) is 2.70. The van der Waals surface area contributed by atoms with Gasteiger partial charge in [0.15, 0.2) is 0 Å².